The number of nitrogens with zero attached hydrogens (tertiary/aromatic N) is 3. The molecule has 0 heterocycles. The second-order valence-corrected chi connectivity index (χ2v) is 7.24. The minimum atomic E-state index is 0.864. The zero-order valence-corrected chi connectivity index (χ0v) is 17.8. The predicted octanol–water partition coefficient (Wildman–Crippen LogP) is 7.96. The Balaban J connectivity index is 1.64. The highest BCUT2D eigenvalue weighted by molar-refractivity contribution is 5.67. The second kappa shape index (κ2) is 10.6. The third kappa shape index (κ3) is 5.77. The van der Waals surface area contributed by atoms with Crippen LogP contribution in [-0.4, -0.2) is 13.1 Å². The van der Waals surface area contributed by atoms with Crippen LogP contribution in [0.25, 0.3) is 11.1 Å². The average Bonchev–Trinajstić information content (AvgIpc) is 2.79. The van der Waals surface area contributed by atoms with E-state index in [9.17, 15) is 0 Å². The summed E-state index contributed by atoms with van der Waals surface area (Å²) in [6.07, 6.45) is 3.58. The molecule has 0 amide bonds. The second-order valence-electron chi connectivity index (χ2n) is 7.24. The van der Waals surface area contributed by atoms with Crippen LogP contribution in [0.2, 0.25) is 0 Å². The molecule has 0 atom stereocenters. The summed E-state index contributed by atoms with van der Waals surface area (Å²) in [6, 6.07) is 25.4. The number of azo groups is 1. The highest BCUT2D eigenvalue weighted by Crippen LogP contribution is 2.26. The van der Waals surface area contributed by atoms with Crippen LogP contribution in [0.5, 0.6) is 0 Å². The third-order valence-electron chi connectivity index (χ3n) is 5.23. The minimum absolute atomic E-state index is 0.864. The lowest BCUT2D eigenvalue weighted by Crippen LogP contribution is -2.21. The number of rotatable bonds is 9. The van der Waals surface area contributed by atoms with Gasteiger partial charge < -0.3 is 4.90 Å². The average molecular weight is 386 g/mol. The van der Waals surface area contributed by atoms with Crippen LogP contribution in [0.1, 0.15) is 39.2 Å². The maximum absolute atomic E-state index is 4.38. The molecular formula is C26H31N3. The smallest absolute Gasteiger partial charge is 0.0857 e. The predicted molar refractivity (Wildman–Crippen MR) is 125 cm³/mol. The van der Waals surface area contributed by atoms with Crippen molar-refractivity contribution in [3.05, 3.63) is 78.4 Å². The molecule has 0 aliphatic heterocycles. The molecule has 0 saturated carbocycles. The van der Waals surface area contributed by atoms with Crippen LogP contribution < -0.4 is 4.90 Å². The van der Waals surface area contributed by atoms with Crippen molar-refractivity contribution in [2.75, 3.05) is 18.0 Å². The van der Waals surface area contributed by atoms with E-state index in [2.05, 4.69) is 84.4 Å². The summed E-state index contributed by atoms with van der Waals surface area (Å²) >= 11 is 0. The van der Waals surface area contributed by atoms with E-state index in [0.717, 1.165) is 30.9 Å². The molecule has 0 unspecified atom stereocenters. The first kappa shape index (κ1) is 20.8. The molecule has 0 aromatic heterocycles. The fourth-order valence-corrected chi connectivity index (χ4v) is 3.40. The molecule has 3 heteroatoms. The van der Waals surface area contributed by atoms with E-state index in [-0.39, 0.29) is 0 Å². The summed E-state index contributed by atoms with van der Waals surface area (Å²) in [5.41, 5.74) is 6.79. The monoisotopic (exact) mass is 385 g/mol. The minimum Gasteiger partial charge on any atom is -0.372 e. The van der Waals surface area contributed by atoms with Crippen molar-refractivity contribution in [1.82, 2.24) is 0 Å². The van der Waals surface area contributed by atoms with Gasteiger partial charge in [0.25, 0.3) is 0 Å². The maximum Gasteiger partial charge on any atom is 0.0857 e. The topological polar surface area (TPSA) is 28.0 Å². The van der Waals surface area contributed by atoms with Gasteiger partial charge in [0.2, 0.25) is 0 Å². The Labute approximate surface area is 175 Å². The van der Waals surface area contributed by atoms with Crippen LogP contribution in [0.15, 0.2) is 83.0 Å². The van der Waals surface area contributed by atoms with Crippen molar-refractivity contribution < 1.29 is 0 Å². The molecule has 0 radical (unpaired) electrons. The number of hydrogen-bond donors (Lipinski definition) is 0. The van der Waals surface area contributed by atoms with Crippen LogP contribution in [0.4, 0.5) is 17.1 Å². The van der Waals surface area contributed by atoms with E-state index in [1.165, 1.54) is 35.2 Å². The highest BCUT2D eigenvalue weighted by atomic mass is 15.1. The van der Waals surface area contributed by atoms with Crippen molar-refractivity contribution in [3.8, 4) is 11.1 Å². The van der Waals surface area contributed by atoms with Gasteiger partial charge in [-0.25, -0.2) is 0 Å². The SMILES string of the molecule is CCCCc1ccc(N=Nc2ccc(-c3ccc(N(CC)CC)cc3)cc2)cc1. The Morgan fingerprint density at radius 1 is 0.621 bits per heavy atom. The first-order valence-corrected chi connectivity index (χ1v) is 10.7. The molecule has 0 fully saturated rings. The molecule has 3 aromatic rings. The van der Waals surface area contributed by atoms with Crippen LogP contribution in [-0.2, 0) is 6.42 Å². The molecule has 3 aromatic carbocycles. The van der Waals surface area contributed by atoms with E-state index < -0.39 is 0 Å². The summed E-state index contributed by atoms with van der Waals surface area (Å²) < 4.78 is 0. The highest BCUT2D eigenvalue weighted by Gasteiger charge is 2.03. The van der Waals surface area contributed by atoms with Gasteiger partial charge in [-0.1, -0.05) is 49.7 Å². The number of hydrogen-bond acceptors (Lipinski definition) is 3. The Hall–Kier alpha value is -2.94. The molecule has 0 spiro atoms. The largest absolute Gasteiger partial charge is 0.372 e. The van der Waals surface area contributed by atoms with E-state index in [0.29, 0.717) is 0 Å². The van der Waals surface area contributed by atoms with Crippen molar-refractivity contribution >= 4 is 17.1 Å². The van der Waals surface area contributed by atoms with Crippen LogP contribution >= 0.6 is 0 Å². The third-order valence-corrected chi connectivity index (χ3v) is 5.23. The summed E-state index contributed by atoms with van der Waals surface area (Å²) in [5.74, 6) is 0. The molecule has 150 valence electrons. The first-order valence-electron chi connectivity index (χ1n) is 10.7. The summed E-state index contributed by atoms with van der Waals surface area (Å²) in [5, 5.41) is 8.75. The molecule has 29 heavy (non-hydrogen) atoms. The Bertz CT molecular complexity index is 890. The lowest BCUT2D eigenvalue weighted by atomic mass is 10.0. The van der Waals surface area contributed by atoms with Crippen molar-refractivity contribution in [2.24, 2.45) is 10.2 Å². The van der Waals surface area contributed by atoms with Crippen LogP contribution in [0, 0.1) is 0 Å². The summed E-state index contributed by atoms with van der Waals surface area (Å²) in [7, 11) is 0. The van der Waals surface area contributed by atoms with Gasteiger partial charge in [0, 0.05) is 18.8 Å². The van der Waals surface area contributed by atoms with Crippen molar-refractivity contribution in [2.45, 2.75) is 40.0 Å². The Morgan fingerprint density at radius 3 is 1.59 bits per heavy atom. The van der Waals surface area contributed by atoms with Gasteiger partial charge in [0.15, 0.2) is 0 Å². The fourth-order valence-electron chi connectivity index (χ4n) is 3.40. The summed E-state index contributed by atoms with van der Waals surface area (Å²) in [6.45, 7) is 8.64. The van der Waals surface area contributed by atoms with Gasteiger partial charge in [-0.15, -0.1) is 0 Å². The zero-order chi connectivity index (χ0) is 20.5. The normalized spacial score (nSPS) is 11.1. The molecule has 3 rings (SSSR count). The van der Waals surface area contributed by atoms with Crippen molar-refractivity contribution in [1.29, 1.82) is 0 Å². The van der Waals surface area contributed by atoms with E-state index in [1.54, 1.807) is 0 Å². The lowest BCUT2D eigenvalue weighted by Gasteiger charge is -2.21. The lowest BCUT2D eigenvalue weighted by molar-refractivity contribution is 0.795. The molecule has 0 aliphatic rings. The molecule has 0 saturated heterocycles. The van der Waals surface area contributed by atoms with Crippen molar-refractivity contribution in [3.63, 3.8) is 0 Å². The van der Waals surface area contributed by atoms with E-state index in [1.807, 2.05) is 24.3 Å². The van der Waals surface area contributed by atoms with Gasteiger partial charge in [-0.05, 0) is 79.8 Å². The molecule has 0 aliphatic carbocycles. The fraction of sp³-hybridized carbons (Fsp3) is 0.308. The van der Waals surface area contributed by atoms with Gasteiger partial charge in [-0.3, -0.25) is 0 Å². The van der Waals surface area contributed by atoms with Gasteiger partial charge >= 0.3 is 0 Å². The standard InChI is InChI=1S/C26H31N3/c1-4-7-8-21-9-15-24(16-10-21)27-28-25-17-11-22(12-18-25)23-13-19-26(20-14-23)29(5-2)6-3/h9-20H,4-8H2,1-3H3. The zero-order valence-electron chi connectivity index (χ0n) is 17.8. The molecular weight excluding hydrogens is 354 g/mol. The Kier molecular flexibility index (Phi) is 7.57. The molecule has 0 bridgehead atoms. The number of aryl methyl sites for hydroxylation is 1. The van der Waals surface area contributed by atoms with Gasteiger partial charge in [0.1, 0.15) is 0 Å². The first-order chi connectivity index (χ1) is 14.2. The van der Waals surface area contributed by atoms with E-state index in [4.69, 9.17) is 0 Å². The molecule has 3 nitrogen and oxygen atoms in total. The van der Waals surface area contributed by atoms with Gasteiger partial charge in [-0.2, -0.15) is 10.2 Å². The number of anilines is 1. The Morgan fingerprint density at radius 2 is 1.10 bits per heavy atom. The van der Waals surface area contributed by atoms with Gasteiger partial charge in [0.05, 0.1) is 11.4 Å². The number of unbranched alkanes of at least 4 members (excludes halogenated alkanes) is 1. The number of benzene rings is 3. The molecule has 0 N–H and O–H groups in total. The maximum atomic E-state index is 4.38. The summed E-state index contributed by atoms with van der Waals surface area (Å²) in [4.78, 5) is 2.35. The van der Waals surface area contributed by atoms with Crippen LogP contribution in [0.3, 0.4) is 0 Å². The van der Waals surface area contributed by atoms with E-state index >= 15 is 0 Å². The quantitative estimate of drug-likeness (QED) is 0.343.